The van der Waals surface area contributed by atoms with Gasteiger partial charge in [0.15, 0.2) is 17.2 Å². The lowest BCUT2D eigenvalue weighted by atomic mass is 10.2. The summed E-state index contributed by atoms with van der Waals surface area (Å²) in [6, 6.07) is 1.16. The lowest BCUT2D eigenvalue weighted by Gasteiger charge is -1.97. The van der Waals surface area contributed by atoms with E-state index in [4.69, 9.17) is 0 Å². The molecule has 5 heteroatoms. The van der Waals surface area contributed by atoms with Gasteiger partial charge in [-0.25, -0.2) is 13.9 Å². The fourth-order valence-corrected chi connectivity index (χ4v) is 1.08. The molecule has 0 aliphatic heterocycles. The van der Waals surface area contributed by atoms with Crippen LogP contribution in [0.15, 0.2) is 18.6 Å². The molecule has 0 bridgehead atoms. The molecule has 0 saturated carbocycles. The number of Topliss-reactive ketones (excluding diaryl/α,β-unsaturated/α-hetero) is 1. The zero-order valence-corrected chi connectivity index (χ0v) is 6.86. The Morgan fingerprint density at radius 2 is 2.38 bits per heavy atom. The largest absolute Gasteiger partial charge is 0.294 e. The summed E-state index contributed by atoms with van der Waals surface area (Å²) in [5, 5.41) is 3.74. The van der Waals surface area contributed by atoms with Crippen LogP contribution in [0.25, 0.3) is 5.65 Å². The predicted octanol–water partition coefficient (Wildman–Crippen LogP) is 1.07. The minimum absolute atomic E-state index is 0.130. The van der Waals surface area contributed by atoms with Gasteiger partial charge >= 0.3 is 0 Å². The summed E-state index contributed by atoms with van der Waals surface area (Å²) in [5.74, 6) is -0.735. The fraction of sp³-hybridized carbons (Fsp3) is 0.125. The van der Waals surface area contributed by atoms with Crippen molar-refractivity contribution in [2.75, 3.05) is 0 Å². The quantitative estimate of drug-likeness (QED) is 0.615. The van der Waals surface area contributed by atoms with Crippen LogP contribution in [0.4, 0.5) is 4.39 Å². The van der Waals surface area contributed by atoms with Gasteiger partial charge in [0.05, 0.1) is 0 Å². The van der Waals surface area contributed by atoms with Gasteiger partial charge in [0.25, 0.3) is 0 Å². The molecule has 0 atom stereocenters. The predicted molar refractivity (Wildman–Crippen MR) is 42.9 cm³/mol. The third-order valence-electron chi connectivity index (χ3n) is 1.74. The topological polar surface area (TPSA) is 47.3 Å². The first-order valence-electron chi connectivity index (χ1n) is 3.68. The second kappa shape index (κ2) is 2.62. The number of rotatable bonds is 1. The Hall–Kier alpha value is -1.78. The van der Waals surface area contributed by atoms with Crippen molar-refractivity contribution >= 4 is 11.4 Å². The Labute approximate surface area is 73.0 Å². The lowest BCUT2D eigenvalue weighted by molar-refractivity contribution is 0.101. The summed E-state index contributed by atoms with van der Waals surface area (Å²) >= 11 is 0. The molecule has 4 nitrogen and oxygen atoms in total. The Morgan fingerprint density at radius 1 is 1.62 bits per heavy atom. The van der Waals surface area contributed by atoms with Crippen LogP contribution in [0.1, 0.15) is 17.3 Å². The summed E-state index contributed by atoms with van der Waals surface area (Å²) < 4.78 is 14.4. The van der Waals surface area contributed by atoms with Gasteiger partial charge in [0.1, 0.15) is 6.33 Å². The van der Waals surface area contributed by atoms with Crippen molar-refractivity contribution in [3.63, 3.8) is 0 Å². The van der Waals surface area contributed by atoms with Crippen molar-refractivity contribution in [3.05, 3.63) is 30.0 Å². The van der Waals surface area contributed by atoms with Crippen LogP contribution in [0.5, 0.6) is 0 Å². The van der Waals surface area contributed by atoms with Crippen molar-refractivity contribution in [2.45, 2.75) is 6.92 Å². The molecule has 13 heavy (non-hydrogen) atoms. The van der Waals surface area contributed by atoms with Crippen LogP contribution in [-0.2, 0) is 0 Å². The Kier molecular flexibility index (Phi) is 1.58. The van der Waals surface area contributed by atoms with Gasteiger partial charge in [0, 0.05) is 11.8 Å². The molecule has 2 rings (SSSR count). The number of ketones is 1. The first kappa shape index (κ1) is 7.85. The molecule has 2 aromatic rings. The van der Waals surface area contributed by atoms with Crippen molar-refractivity contribution in [1.29, 1.82) is 0 Å². The number of carbonyl (C=O) groups excluding carboxylic acids is 1. The van der Waals surface area contributed by atoms with Gasteiger partial charge in [-0.2, -0.15) is 5.10 Å². The average Bonchev–Trinajstić information content (AvgIpc) is 2.51. The molecule has 66 valence electrons. The van der Waals surface area contributed by atoms with E-state index in [1.165, 1.54) is 24.0 Å². The van der Waals surface area contributed by atoms with Gasteiger partial charge in [0.2, 0.25) is 0 Å². The van der Waals surface area contributed by atoms with Crippen LogP contribution >= 0.6 is 0 Å². The molecule has 0 aliphatic rings. The highest BCUT2D eigenvalue weighted by Crippen LogP contribution is 2.09. The summed E-state index contributed by atoms with van der Waals surface area (Å²) in [7, 11) is 0. The van der Waals surface area contributed by atoms with Gasteiger partial charge in [-0.15, -0.1) is 0 Å². The SMILES string of the molecule is CC(=O)c1cc(F)c2ncnn2c1. The Balaban J connectivity index is 2.77. The number of hydrogen-bond donors (Lipinski definition) is 0. The number of aromatic nitrogens is 3. The molecular formula is C8H6FN3O. The standard InChI is InChI=1S/C8H6FN3O/c1-5(13)6-2-7(9)8-10-4-11-12(8)3-6/h2-4H,1H3. The minimum Gasteiger partial charge on any atom is -0.294 e. The van der Waals surface area contributed by atoms with E-state index in [1.54, 1.807) is 0 Å². The number of nitrogens with zero attached hydrogens (tertiary/aromatic N) is 3. The van der Waals surface area contributed by atoms with E-state index in [1.807, 2.05) is 0 Å². The second-order valence-corrected chi connectivity index (χ2v) is 2.66. The van der Waals surface area contributed by atoms with E-state index in [9.17, 15) is 9.18 Å². The normalized spacial score (nSPS) is 10.6. The van der Waals surface area contributed by atoms with Crippen LogP contribution in [-0.4, -0.2) is 20.4 Å². The second-order valence-electron chi connectivity index (χ2n) is 2.66. The highest BCUT2D eigenvalue weighted by atomic mass is 19.1. The molecule has 0 aliphatic carbocycles. The van der Waals surface area contributed by atoms with Crippen molar-refractivity contribution in [1.82, 2.24) is 14.6 Å². The van der Waals surface area contributed by atoms with Crippen LogP contribution in [0, 0.1) is 5.82 Å². The highest BCUT2D eigenvalue weighted by Gasteiger charge is 2.07. The molecule has 0 saturated heterocycles. The zero-order chi connectivity index (χ0) is 9.42. The molecule has 0 spiro atoms. The first-order chi connectivity index (χ1) is 6.18. The van der Waals surface area contributed by atoms with E-state index >= 15 is 0 Å². The van der Waals surface area contributed by atoms with Gasteiger partial charge in [-0.3, -0.25) is 4.79 Å². The molecule has 2 aromatic heterocycles. The Bertz CT molecular complexity index is 477. The molecule has 0 amide bonds. The smallest absolute Gasteiger partial charge is 0.191 e. The molecule has 2 heterocycles. The molecule has 0 unspecified atom stereocenters. The van der Waals surface area contributed by atoms with E-state index in [-0.39, 0.29) is 17.0 Å². The molecule has 0 N–H and O–H groups in total. The summed E-state index contributed by atoms with van der Waals surface area (Å²) in [6.45, 7) is 1.37. The molecule has 0 fully saturated rings. The number of carbonyl (C=O) groups is 1. The molecular weight excluding hydrogens is 173 g/mol. The van der Waals surface area contributed by atoms with Crippen LogP contribution in [0.3, 0.4) is 0 Å². The van der Waals surface area contributed by atoms with Gasteiger partial charge < -0.3 is 0 Å². The number of halogens is 1. The van der Waals surface area contributed by atoms with Crippen molar-refractivity contribution in [2.24, 2.45) is 0 Å². The van der Waals surface area contributed by atoms with Crippen LogP contribution < -0.4 is 0 Å². The first-order valence-corrected chi connectivity index (χ1v) is 3.68. The van der Waals surface area contributed by atoms with E-state index < -0.39 is 5.82 Å². The zero-order valence-electron chi connectivity index (χ0n) is 6.86. The van der Waals surface area contributed by atoms with E-state index in [2.05, 4.69) is 10.1 Å². The van der Waals surface area contributed by atoms with Gasteiger partial charge in [-0.05, 0) is 13.0 Å². The summed E-state index contributed by atoms with van der Waals surface area (Å²) in [4.78, 5) is 14.6. The lowest BCUT2D eigenvalue weighted by Crippen LogP contribution is -1.99. The maximum absolute atomic E-state index is 13.2. The average molecular weight is 179 g/mol. The number of fused-ring (bicyclic) bond motifs is 1. The van der Waals surface area contributed by atoms with Crippen molar-refractivity contribution in [3.8, 4) is 0 Å². The van der Waals surface area contributed by atoms with Crippen molar-refractivity contribution < 1.29 is 9.18 Å². The van der Waals surface area contributed by atoms with Gasteiger partial charge in [-0.1, -0.05) is 0 Å². The third kappa shape index (κ3) is 1.18. The number of hydrogen-bond acceptors (Lipinski definition) is 3. The summed E-state index contributed by atoms with van der Waals surface area (Å²) in [5.41, 5.74) is 0.417. The monoisotopic (exact) mass is 179 g/mol. The maximum Gasteiger partial charge on any atom is 0.191 e. The Morgan fingerprint density at radius 3 is 3.08 bits per heavy atom. The van der Waals surface area contributed by atoms with E-state index in [0.29, 0.717) is 0 Å². The van der Waals surface area contributed by atoms with Crippen LogP contribution in [0.2, 0.25) is 0 Å². The summed E-state index contributed by atoms with van der Waals surface area (Å²) in [6.07, 6.45) is 2.69. The van der Waals surface area contributed by atoms with E-state index in [0.717, 1.165) is 6.07 Å². The number of pyridine rings is 1. The maximum atomic E-state index is 13.2. The minimum atomic E-state index is -0.537. The highest BCUT2D eigenvalue weighted by molar-refractivity contribution is 5.94. The fourth-order valence-electron chi connectivity index (χ4n) is 1.08. The molecule has 0 radical (unpaired) electrons. The third-order valence-corrected chi connectivity index (χ3v) is 1.74. The molecule has 0 aromatic carbocycles.